The Labute approximate surface area is 171 Å². The van der Waals surface area contributed by atoms with Crippen LogP contribution in [0.25, 0.3) is 10.7 Å². The highest BCUT2D eigenvalue weighted by Crippen LogP contribution is 2.33. The number of rotatable bonds is 7. The van der Waals surface area contributed by atoms with Gasteiger partial charge < -0.3 is 18.9 Å². The number of fused-ring (bicyclic) bond motifs is 1. The Bertz CT molecular complexity index is 972. The Balaban J connectivity index is 1.37. The summed E-state index contributed by atoms with van der Waals surface area (Å²) in [4.78, 5) is 15.4. The Hall–Kier alpha value is -2.52. The standard InChI is InChI=1S/C19H20N4O3S2/c1-3-23-18(16-5-4-8-27-16)20-21-19(23)28-11-17(24)22(2)10-13-6-7-14-15(9-13)26-12-25-14/h4-9H,3,10-12H2,1-2H3. The number of aromatic nitrogens is 3. The Kier molecular flexibility index (Phi) is 5.54. The van der Waals surface area contributed by atoms with E-state index in [4.69, 9.17) is 9.47 Å². The van der Waals surface area contributed by atoms with Gasteiger partial charge in [-0.05, 0) is 36.1 Å². The van der Waals surface area contributed by atoms with Gasteiger partial charge in [0.15, 0.2) is 22.5 Å². The fourth-order valence-corrected chi connectivity index (χ4v) is 4.57. The van der Waals surface area contributed by atoms with Gasteiger partial charge in [0, 0.05) is 20.1 Å². The van der Waals surface area contributed by atoms with Crippen LogP contribution in [0.4, 0.5) is 0 Å². The highest BCUT2D eigenvalue weighted by atomic mass is 32.2. The molecule has 1 aromatic carbocycles. The van der Waals surface area contributed by atoms with Crippen molar-refractivity contribution in [3.8, 4) is 22.2 Å². The van der Waals surface area contributed by atoms with Crippen molar-refractivity contribution >= 4 is 29.0 Å². The Morgan fingerprint density at radius 2 is 2.14 bits per heavy atom. The number of carbonyl (C=O) groups excluding carboxylic acids is 1. The quantitative estimate of drug-likeness (QED) is 0.549. The van der Waals surface area contributed by atoms with Crippen molar-refractivity contribution in [2.24, 2.45) is 0 Å². The Morgan fingerprint density at radius 3 is 2.93 bits per heavy atom. The molecule has 1 amide bonds. The van der Waals surface area contributed by atoms with Crippen LogP contribution >= 0.6 is 23.1 Å². The second-order valence-corrected chi connectivity index (χ2v) is 8.14. The second kappa shape index (κ2) is 8.24. The molecule has 0 N–H and O–H groups in total. The van der Waals surface area contributed by atoms with Gasteiger partial charge in [-0.2, -0.15) is 0 Å². The number of hydrogen-bond acceptors (Lipinski definition) is 7. The highest BCUT2D eigenvalue weighted by molar-refractivity contribution is 7.99. The first-order valence-corrected chi connectivity index (χ1v) is 10.7. The van der Waals surface area contributed by atoms with E-state index in [1.54, 1.807) is 23.3 Å². The molecule has 4 rings (SSSR count). The molecule has 3 heterocycles. The molecule has 0 unspecified atom stereocenters. The van der Waals surface area contributed by atoms with E-state index in [-0.39, 0.29) is 12.7 Å². The maximum atomic E-state index is 12.6. The molecule has 28 heavy (non-hydrogen) atoms. The zero-order chi connectivity index (χ0) is 19.5. The lowest BCUT2D eigenvalue weighted by molar-refractivity contribution is -0.127. The maximum Gasteiger partial charge on any atom is 0.233 e. The van der Waals surface area contributed by atoms with Gasteiger partial charge in [-0.15, -0.1) is 21.5 Å². The van der Waals surface area contributed by atoms with Crippen molar-refractivity contribution in [1.82, 2.24) is 19.7 Å². The van der Waals surface area contributed by atoms with E-state index in [0.717, 1.165) is 39.5 Å². The summed E-state index contributed by atoms with van der Waals surface area (Å²) in [5.74, 6) is 2.66. The van der Waals surface area contributed by atoms with Crippen molar-refractivity contribution < 1.29 is 14.3 Å². The van der Waals surface area contributed by atoms with E-state index >= 15 is 0 Å². The fraction of sp³-hybridized carbons (Fsp3) is 0.316. The molecule has 146 valence electrons. The molecular weight excluding hydrogens is 396 g/mol. The molecule has 1 aliphatic rings. The molecule has 7 nitrogen and oxygen atoms in total. The van der Waals surface area contributed by atoms with Crippen LogP contribution < -0.4 is 9.47 Å². The van der Waals surface area contributed by atoms with Gasteiger partial charge in [0.2, 0.25) is 12.7 Å². The summed E-state index contributed by atoms with van der Waals surface area (Å²) in [6.45, 7) is 3.56. The highest BCUT2D eigenvalue weighted by Gasteiger charge is 2.18. The molecule has 0 fully saturated rings. The summed E-state index contributed by atoms with van der Waals surface area (Å²) in [6.07, 6.45) is 0. The van der Waals surface area contributed by atoms with Crippen molar-refractivity contribution in [3.05, 3.63) is 41.3 Å². The molecule has 3 aromatic rings. The number of thioether (sulfide) groups is 1. The van der Waals surface area contributed by atoms with Gasteiger partial charge in [-0.25, -0.2) is 0 Å². The van der Waals surface area contributed by atoms with Crippen LogP contribution in [0.15, 0.2) is 40.9 Å². The van der Waals surface area contributed by atoms with Crippen LogP contribution in [0.2, 0.25) is 0 Å². The lowest BCUT2D eigenvalue weighted by atomic mass is 10.2. The largest absolute Gasteiger partial charge is 0.454 e. The lowest BCUT2D eigenvalue weighted by Gasteiger charge is -2.17. The van der Waals surface area contributed by atoms with Crippen molar-refractivity contribution in [2.45, 2.75) is 25.2 Å². The average Bonchev–Trinajstić information content (AvgIpc) is 3.45. The molecule has 0 saturated carbocycles. The molecule has 9 heteroatoms. The zero-order valence-corrected chi connectivity index (χ0v) is 17.3. The summed E-state index contributed by atoms with van der Waals surface area (Å²) < 4.78 is 12.8. The van der Waals surface area contributed by atoms with E-state index in [2.05, 4.69) is 17.1 Å². The molecule has 0 radical (unpaired) electrons. The van der Waals surface area contributed by atoms with Crippen LogP contribution in [-0.4, -0.2) is 45.2 Å². The van der Waals surface area contributed by atoms with Gasteiger partial charge in [0.1, 0.15) is 0 Å². The number of ether oxygens (including phenoxy) is 2. The van der Waals surface area contributed by atoms with Crippen LogP contribution in [0.3, 0.4) is 0 Å². The molecule has 1 aliphatic heterocycles. The van der Waals surface area contributed by atoms with Gasteiger partial charge in [-0.1, -0.05) is 23.9 Å². The fourth-order valence-electron chi connectivity index (χ4n) is 2.91. The van der Waals surface area contributed by atoms with E-state index < -0.39 is 0 Å². The average molecular weight is 417 g/mol. The number of carbonyl (C=O) groups is 1. The molecule has 0 saturated heterocycles. The summed E-state index contributed by atoms with van der Waals surface area (Å²) in [5, 5.41) is 11.4. The van der Waals surface area contributed by atoms with Crippen molar-refractivity contribution in [1.29, 1.82) is 0 Å². The summed E-state index contributed by atoms with van der Waals surface area (Å²) in [7, 11) is 1.80. The minimum absolute atomic E-state index is 0.0333. The van der Waals surface area contributed by atoms with E-state index in [0.29, 0.717) is 12.3 Å². The molecule has 0 spiro atoms. The predicted octanol–water partition coefficient (Wildman–Crippen LogP) is 3.51. The first kappa shape index (κ1) is 18.8. The van der Waals surface area contributed by atoms with E-state index in [1.165, 1.54) is 11.8 Å². The second-order valence-electron chi connectivity index (χ2n) is 6.25. The van der Waals surface area contributed by atoms with Gasteiger partial charge in [-0.3, -0.25) is 4.79 Å². The SMILES string of the molecule is CCn1c(SCC(=O)N(C)Cc2ccc3c(c2)OCO3)nnc1-c1cccs1. The van der Waals surface area contributed by atoms with Crippen LogP contribution in [0, 0.1) is 0 Å². The molecule has 0 aliphatic carbocycles. The molecular formula is C19H20N4O3S2. The van der Waals surface area contributed by atoms with Crippen LogP contribution in [0.5, 0.6) is 11.5 Å². The number of hydrogen-bond donors (Lipinski definition) is 0. The molecule has 2 aromatic heterocycles. The van der Waals surface area contributed by atoms with Crippen LogP contribution in [0.1, 0.15) is 12.5 Å². The first-order chi connectivity index (χ1) is 13.7. The first-order valence-electron chi connectivity index (χ1n) is 8.88. The summed E-state index contributed by atoms with van der Waals surface area (Å²) in [5.41, 5.74) is 1.00. The van der Waals surface area contributed by atoms with Crippen molar-refractivity contribution in [3.63, 3.8) is 0 Å². The minimum Gasteiger partial charge on any atom is -0.454 e. The van der Waals surface area contributed by atoms with E-state index in [1.807, 2.05) is 40.3 Å². The van der Waals surface area contributed by atoms with E-state index in [9.17, 15) is 4.79 Å². The zero-order valence-electron chi connectivity index (χ0n) is 15.6. The van der Waals surface area contributed by atoms with Gasteiger partial charge in [0.25, 0.3) is 0 Å². The summed E-state index contributed by atoms with van der Waals surface area (Å²) >= 11 is 3.05. The third-order valence-corrected chi connectivity index (χ3v) is 6.20. The number of thiophene rings is 1. The van der Waals surface area contributed by atoms with Crippen molar-refractivity contribution in [2.75, 3.05) is 19.6 Å². The predicted molar refractivity (Wildman–Crippen MR) is 109 cm³/mol. The number of amides is 1. The maximum absolute atomic E-state index is 12.6. The normalized spacial score (nSPS) is 12.4. The minimum atomic E-state index is 0.0333. The third-order valence-electron chi connectivity index (χ3n) is 4.38. The van der Waals surface area contributed by atoms with Gasteiger partial charge in [0.05, 0.1) is 10.6 Å². The molecule has 0 bridgehead atoms. The monoisotopic (exact) mass is 416 g/mol. The number of nitrogens with zero attached hydrogens (tertiary/aromatic N) is 4. The number of benzene rings is 1. The summed E-state index contributed by atoms with van der Waals surface area (Å²) in [6, 6.07) is 9.77. The topological polar surface area (TPSA) is 69.5 Å². The third kappa shape index (κ3) is 3.85. The Morgan fingerprint density at radius 1 is 1.29 bits per heavy atom. The van der Waals surface area contributed by atoms with Crippen LogP contribution in [-0.2, 0) is 17.9 Å². The lowest BCUT2D eigenvalue weighted by Crippen LogP contribution is -2.27. The molecule has 0 atom stereocenters. The van der Waals surface area contributed by atoms with Gasteiger partial charge >= 0.3 is 0 Å². The smallest absolute Gasteiger partial charge is 0.233 e.